The quantitative estimate of drug-likeness (QED) is 0.358. The topological polar surface area (TPSA) is 91.5 Å². The highest BCUT2D eigenvalue weighted by atomic mass is 16.5. The van der Waals surface area contributed by atoms with Gasteiger partial charge < -0.3 is 19.6 Å². The van der Waals surface area contributed by atoms with Crippen LogP contribution in [0.3, 0.4) is 0 Å². The van der Waals surface area contributed by atoms with Gasteiger partial charge in [-0.2, -0.15) is 0 Å². The zero-order chi connectivity index (χ0) is 14.6. The van der Waals surface area contributed by atoms with Crippen LogP contribution in [-0.4, -0.2) is 43.5 Å². The number of nitrogens with one attached hydrogen (secondary N) is 1. The summed E-state index contributed by atoms with van der Waals surface area (Å²) < 4.78 is 15.9. The Morgan fingerprint density at radius 3 is 2.75 bits per heavy atom. The summed E-state index contributed by atoms with van der Waals surface area (Å²) in [6.45, 7) is 4.48. The van der Waals surface area contributed by atoms with Gasteiger partial charge >= 0.3 is 0 Å². The lowest BCUT2D eigenvalue weighted by Crippen LogP contribution is -2.14. The molecule has 0 radical (unpaired) electrons. The summed E-state index contributed by atoms with van der Waals surface area (Å²) in [5.74, 6) is 6.65. The number of hydrogen-bond donors (Lipinski definition) is 2. The highest BCUT2D eigenvalue weighted by Crippen LogP contribution is 2.22. The molecule has 1 aromatic rings. The van der Waals surface area contributed by atoms with Crippen molar-refractivity contribution in [1.82, 2.24) is 9.97 Å². The smallest absolute Gasteiger partial charge is 0.221 e. The molecule has 1 rings (SSSR count). The Morgan fingerprint density at radius 2 is 2.05 bits per heavy atom. The van der Waals surface area contributed by atoms with Crippen LogP contribution in [0.5, 0.6) is 5.88 Å². The van der Waals surface area contributed by atoms with E-state index in [-0.39, 0.29) is 0 Å². The maximum Gasteiger partial charge on any atom is 0.221 e. The van der Waals surface area contributed by atoms with Gasteiger partial charge in [-0.25, -0.2) is 15.8 Å². The van der Waals surface area contributed by atoms with Gasteiger partial charge in [0.05, 0.1) is 25.4 Å². The van der Waals surface area contributed by atoms with Gasteiger partial charge in [0.25, 0.3) is 0 Å². The van der Waals surface area contributed by atoms with Crippen molar-refractivity contribution in [3.8, 4) is 5.88 Å². The first-order valence-electron chi connectivity index (χ1n) is 6.83. The summed E-state index contributed by atoms with van der Waals surface area (Å²) in [6.07, 6.45) is 4.03. The van der Waals surface area contributed by atoms with E-state index in [0.717, 1.165) is 24.8 Å². The van der Waals surface area contributed by atoms with Gasteiger partial charge in [0.2, 0.25) is 5.88 Å². The average molecular weight is 284 g/mol. The third kappa shape index (κ3) is 5.68. The van der Waals surface area contributed by atoms with Crippen molar-refractivity contribution in [2.45, 2.75) is 26.2 Å². The van der Waals surface area contributed by atoms with Gasteiger partial charge in [0.1, 0.15) is 12.1 Å². The lowest BCUT2D eigenvalue weighted by atomic mass is 10.2. The number of hydrazine groups is 1. The molecular weight excluding hydrogens is 260 g/mol. The van der Waals surface area contributed by atoms with Crippen molar-refractivity contribution < 1.29 is 14.2 Å². The van der Waals surface area contributed by atoms with Gasteiger partial charge in [-0.05, 0) is 6.42 Å². The van der Waals surface area contributed by atoms with Gasteiger partial charge in [0.15, 0.2) is 0 Å². The molecule has 0 aliphatic carbocycles. The Labute approximate surface area is 119 Å². The summed E-state index contributed by atoms with van der Waals surface area (Å²) >= 11 is 0. The minimum atomic E-state index is 0.546. The van der Waals surface area contributed by atoms with Crippen molar-refractivity contribution in [2.75, 3.05) is 39.0 Å². The third-order valence-electron chi connectivity index (χ3n) is 2.65. The first kappa shape index (κ1) is 16.6. The van der Waals surface area contributed by atoms with E-state index in [9.17, 15) is 0 Å². The molecule has 20 heavy (non-hydrogen) atoms. The number of hydrogen-bond acceptors (Lipinski definition) is 7. The fourth-order valence-corrected chi connectivity index (χ4v) is 1.69. The fraction of sp³-hybridized carbons (Fsp3) is 0.692. The van der Waals surface area contributed by atoms with Gasteiger partial charge in [-0.3, -0.25) is 0 Å². The summed E-state index contributed by atoms with van der Waals surface area (Å²) in [5.41, 5.74) is 3.49. The van der Waals surface area contributed by atoms with Crippen LogP contribution in [0.2, 0.25) is 0 Å². The SMILES string of the molecule is CCCc1c(NN)ncnc1OCCCOCCOC. The highest BCUT2D eigenvalue weighted by molar-refractivity contribution is 5.47. The molecule has 0 aliphatic rings. The van der Waals surface area contributed by atoms with Crippen LogP contribution in [0.25, 0.3) is 0 Å². The van der Waals surface area contributed by atoms with Crippen LogP contribution >= 0.6 is 0 Å². The number of nitrogens with zero attached hydrogens (tertiary/aromatic N) is 2. The molecule has 0 saturated carbocycles. The van der Waals surface area contributed by atoms with Crippen molar-refractivity contribution in [3.05, 3.63) is 11.9 Å². The van der Waals surface area contributed by atoms with E-state index >= 15 is 0 Å². The number of nitrogens with two attached hydrogens (primary N) is 1. The Hall–Kier alpha value is -1.44. The Kier molecular flexibility index (Phi) is 8.61. The normalized spacial score (nSPS) is 10.6. The largest absolute Gasteiger partial charge is 0.477 e. The summed E-state index contributed by atoms with van der Waals surface area (Å²) in [7, 11) is 1.65. The summed E-state index contributed by atoms with van der Waals surface area (Å²) in [6, 6.07) is 0. The molecule has 0 fully saturated rings. The molecule has 114 valence electrons. The second-order valence-corrected chi connectivity index (χ2v) is 4.21. The molecule has 0 spiro atoms. The molecule has 0 amide bonds. The van der Waals surface area contributed by atoms with Crippen molar-refractivity contribution in [2.24, 2.45) is 5.84 Å². The highest BCUT2D eigenvalue weighted by Gasteiger charge is 2.10. The standard InChI is InChI=1S/C13H24N4O3/c1-3-5-11-12(17-14)15-10-16-13(11)20-7-4-6-19-9-8-18-2/h10H,3-9,14H2,1-2H3,(H,15,16,17). The van der Waals surface area contributed by atoms with Gasteiger partial charge in [0, 0.05) is 20.1 Å². The molecular formula is C13H24N4O3. The molecule has 0 aromatic carbocycles. The number of anilines is 1. The first-order chi connectivity index (χ1) is 9.83. The summed E-state index contributed by atoms with van der Waals surface area (Å²) in [5, 5.41) is 0. The van der Waals surface area contributed by atoms with Crippen molar-refractivity contribution >= 4 is 5.82 Å². The second-order valence-electron chi connectivity index (χ2n) is 4.21. The molecule has 0 unspecified atom stereocenters. The Balaban J connectivity index is 2.39. The average Bonchev–Trinajstić information content (AvgIpc) is 2.48. The number of ether oxygens (including phenoxy) is 3. The predicted octanol–water partition coefficient (Wildman–Crippen LogP) is 1.15. The van der Waals surface area contributed by atoms with E-state index in [0.29, 0.717) is 38.1 Å². The molecule has 3 N–H and O–H groups in total. The second kappa shape index (κ2) is 10.4. The van der Waals surface area contributed by atoms with E-state index in [1.807, 2.05) is 0 Å². The Morgan fingerprint density at radius 1 is 1.20 bits per heavy atom. The van der Waals surface area contributed by atoms with Crippen LogP contribution in [0.1, 0.15) is 25.3 Å². The number of methoxy groups -OCH3 is 1. The number of aromatic nitrogens is 2. The monoisotopic (exact) mass is 284 g/mol. The molecule has 0 aliphatic heterocycles. The molecule has 0 bridgehead atoms. The zero-order valence-corrected chi connectivity index (χ0v) is 12.2. The number of nitrogen functional groups attached to an aromatic ring is 1. The van der Waals surface area contributed by atoms with Crippen LogP contribution in [0.4, 0.5) is 5.82 Å². The first-order valence-corrected chi connectivity index (χ1v) is 6.83. The van der Waals surface area contributed by atoms with Crippen LogP contribution < -0.4 is 16.0 Å². The van der Waals surface area contributed by atoms with Crippen LogP contribution in [0, 0.1) is 0 Å². The summed E-state index contributed by atoms with van der Waals surface area (Å²) in [4.78, 5) is 8.25. The van der Waals surface area contributed by atoms with E-state index in [2.05, 4.69) is 22.3 Å². The van der Waals surface area contributed by atoms with Crippen LogP contribution in [-0.2, 0) is 15.9 Å². The number of rotatable bonds is 11. The third-order valence-corrected chi connectivity index (χ3v) is 2.65. The maximum atomic E-state index is 5.68. The molecule has 7 nitrogen and oxygen atoms in total. The van der Waals surface area contributed by atoms with Crippen molar-refractivity contribution in [3.63, 3.8) is 0 Å². The lowest BCUT2D eigenvalue weighted by molar-refractivity contribution is 0.0641. The minimum Gasteiger partial charge on any atom is -0.477 e. The fourth-order valence-electron chi connectivity index (χ4n) is 1.69. The Bertz CT molecular complexity index is 377. The van der Waals surface area contributed by atoms with Crippen molar-refractivity contribution in [1.29, 1.82) is 0 Å². The minimum absolute atomic E-state index is 0.546. The molecule has 0 atom stereocenters. The zero-order valence-electron chi connectivity index (χ0n) is 12.2. The van der Waals surface area contributed by atoms with E-state index < -0.39 is 0 Å². The van der Waals surface area contributed by atoms with Gasteiger partial charge in [-0.15, -0.1) is 0 Å². The maximum absolute atomic E-state index is 5.68. The van der Waals surface area contributed by atoms with Gasteiger partial charge in [-0.1, -0.05) is 13.3 Å². The lowest BCUT2D eigenvalue weighted by Gasteiger charge is -2.12. The van der Waals surface area contributed by atoms with E-state index in [1.165, 1.54) is 6.33 Å². The van der Waals surface area contributed by atoms with Crippen LogP contribution in [0.15, 0.2) is 6.33 Å². The molecule has 1 aromatic heterocycles. The molecule has 0 saturated heterocycles. The molecule has 7 heteroatoms. The molecule has 1 heterocycles. The van der Waals surface area contributed by atoms with E-state index in [4.69, 9.17) is 20.1 Å². The predicted molar refractivity (Wildman–Crippen MR) is 76.6 cm³/mol. The van der Waals surface area contributed by atoms with E-state index in [1.54, 1.807) is 7.11 Å².